The molecule has 18 heavy (non-hydrogen) atoms. The number of aromatic nitrogens is 1. The summed E-state index contributed by atoms with van der Waals surface area (Å²) in [6, 6.07) is 2.76. The summed E-state index contributed by atoms with van der Waals surface area (Å²) in [6.07, 6.45) is 1.31. The smallest absolute Gasteiger partial charge is 0.363 e. The minimum absolute atomic E-state index is 0.261. The van der Waals surface area contributed by atoms with Crippen molar-refractivity contribution in [1.82, 2.24) is 4.98 Å². The highest BCUT2D eigenvalue weighted by Gasteiger charge is 2.34. The molecule has 1 heterocycles. The molecule has 0 aliphatic carbocycles. The van der Waals surface area contributed by atoms with Crippen LogP contribution >= 0.6 is 0 Å². The van der Waals surface area contributed by atoms with Gasteiger partial charge in [-0.2, -0.15) is 0 Å². The first-order valence-corrected chi connectivity index (χ1v) is 5.42. The Morgan fingerprint density at radius 2 is 2.17 bits per heavy atom. The van der Waals surface area contributed by atoms with Crippen molar-refractivity contribution < 1.29 is 14.8 Å². The van der Waals surface area contributed by atoms with E-state index >= 15 is 0 Å². The molecule has 1 aromatic rings. The Hall–Kier alpha value is -2.18. The van der Waals surface area contributed by atoms with Crippen LogP contribution < -0.4 is 4.90 Å². The lowest BCUT2D eigenvalue weighted by Crippen LogP contribution is -2.50. The van der Waals surface area contributed by atoms with Gasteiger partial charge in [0, 0.05) is 12.6 Å². The second kappa shape index (κ2) is 4.99. The second-order valence-corrected chi connectivity index (χ2v) is 4.24. The molecule has 0 bridgehead atoms. The zero-order valence-corrected chi connectivity index (χ0v) is 10.5. The lowest BCUT2D eigenvalue weighted by molar-refractivity contribution is -0.389. The Labute approximate surface area is 104 Å². The zero-order valence-electron chi connectivity index (χ0n) is 10.5. The topological polar surface area (TPSA) is 96.6 Å². The van der Waals surface area contributed by atoms with E-state index in [-0.39, 0.29) is 5.82 Å². The number of pyridine rings is 1. The van der Waals surface area contributed by atoms with Gasteiger partial charge in [0.2, 0.25) is 0 Å². The fourth-order valence-electron chi connectivity index (χ4n) is 1.66. The Balaban J connectivity index is 3.10. The van der Waals surface area contributed by atoms with Gasteiger partial charge in [-0.3, -0.25) is 0 Å². The summed E-state index contributed by atoms with van der Waals surface area (Å²) in [5.41, 5.74) is -0.567. The van der Waals surface area contributed by atoms with Crippen LogP contribution in [0.3, 0.4) is 0 Å². The maximum absolute atomic E-state index is 11.2. The number of anilines is 1. The number of carboxylic acids is 1. The predicted octanol–water partition coefficient (Wildman–Crippen LogP) is 1.68. The molecule has 98 valence electrons. The third-order valence-corrected chi connectivity index (χ3v) is 2.75. The Bertz CT molecular complexity index is 456. The summed E-state index contributed by atoms with van der Waals surface area (Å²) in [6.45, 7) is 5.41. The molecule has 0 aromatic carbocycles. The average molecular weight is 253 g/mol. The quantitative estimate of drug-likeness (QED) is 0.633. The van der Waals surface area contributed by atoms with Gasteiger partial charge >= 0.3 is 11.8 Å². The summed E-state index contributed by atoms with van der Waals surface area (Å²) in [5, 5.41) is 19.7. The number of hydrogen-bond acceptors (Lipinski definition) is 5. The zero-order chi connectivity index (χ0) is 13.9. The number of carbonyl (C=O) groups is 1. The molecule has 1 N–H and O–H groups in total. The van der Waals surface area contributed by atoms with Crippen LogP contribution in [0.2, 0.25) is 0 Å². The highest BCUT2D eigenvalue weighted by Crippen LogP contribution is 2.24. The van der Waals surface area contributed by atoms with Gasteiger partial charge in [0.05, 0.1) is 5.69 Å². The molecular formula is C11H15N3O4. The minimum atomic E-state index is -1.10. The molecule has 0 unspecified atom stereocenters. The second-order valence-electron chi connectivity index (χ2n) is 4.24. The summed E-state index contributed by atoms with van der Waals surface area (Å²) < 4.78 is 0. The van der Waals surface area contributed by atoms with Crippen molar-refractivity contribution in [2.24, 2.45) is 0 Å². The molecule has 0 spiro atoms. The maximum Gasteiger partial charge on any atom is 0.363 e. The van der Waals surface area contributed by atoms with Crippen molar-refractivity contribution in [3.8, 4) is 0 Å². The molecular weight excluding hydrogens is 238 g/mol. The molecule has 1 rings (SSSR count). The lowest BCUT2D eigenvalue weighted by atomic mass is 10.0. The highest BCUT2D eigenvalue weighted by atomic mass is 16.6. The van der Waals surface area contributed by atoms with Gasteiger partial charge < -0.3 is 20.1 Å². The van der Waals surface area contributed by atoms with E-state index in [0.717, 1.165) is 0 Å². The Morgan fingerprint density at radius 3 is 2.50 bits per heavy atom. The normalized spacial score (nSPS) is 11.1. The van der Waals surface area contributed by atoms with Crippen LogP contribution in [0.15, 0.2) is 18.3 Å². The van der Waals surface area contributed by atoms with Gasteiger partial charge in [0.15, 0.2) is 6.20 Å². The molecule has 7 nitrogen and oxygen atoms in total. The van der Waals surface area contributed by atoms with Crippen molar-refractivity contribution >= 4 is 17.5 Å². The molecule has 0 aliphatic heterocycles. The van der Waals surface area contributed by atoms with E-state index < -0.39 is 16.4 Å². The van der Waals surface area contributed by atoms with Crippen LogP contribution in [0.4, 0.5) is 11.5 Å². The van der Waals surface area contributed by atoms with Crippen molar-refractivity contribution in [1.29, 1.82) is 0 Å². The maximum atomic E-state index is 11.2. The van der Waals surface area contributed by atoms with Crippen molar-refractivity contribution in [2.45, 2.75) is 26.3 Å². The van der Waals surface area contributed by atoms with Crippen LogP contribution in [0.25, 0.3) is 0 Å². The summed E-state index contributed by atoms with van der Waals surface area (Å²) in [4.78, 5) is 26.4. The highest BCUT2D eigenvalue weighted by molar-refractivity contribution is 5.82. The van der Waals surface area contributed by atoms with E-state index in [9.17, 15) is 20.0 Å². The summed E-state index contributed by atoms with van der Waals surface area (Å²) >= 11 is 0. The Morgan fingerprint density at radius 1 is 1.56 bits per heavy atom. The van der Waals surface area contributed by atoms with E-state index in [2.05, 4.69) is 4.98 Å². The van der Waals surface area contributed by atoms with E-state index in [4.69, 9.17) is 0 Å². The number of nitrogens with zero attached hydrogens (tertiary/aromatic N) is 3. The van der Waals surface area contributed by atoms with E-state index in [0.29, 0.717) is 12.2 Å². The monoisotopic (exact) mass is 253 g/mol. The first-order valence-electron chi connectivity index (χ1n) is 5.42. The molecule has 0 amide bonds. The van der Waals surface area contributed by atoms with Crippen LogP contribution in [-0.4, -0.2) is 33.1 Å². The largest absolute Gasteiger partial charge is 0.480 e. The molecule has 0 saturated heterocycles. The molecule has 0 fully saturated rings. The molecule has 0 saturated carbocycles. The van der Waals surface area contributed by atoms with Gasteiger partial charge in [-0.05, 0) is 36.7 Å². The molecule has 7 heteroatoms. The van der Waals surface area contributed by atoms with Crippen LogP contribution in [-0.2, 0) is 4.79 Å². The number of nitro groups is 1. The van der Waals surface area contributed by atoms with E-state index in [1.54, 1.807) is 18.7 Å². The SMILES string of the molecule is CCN(c1ccc([N+](=O)[O-])nc1)C(C)(C)C(=O)O. The fourth-order valence-corrected chi connectivity index (χ4v) is 1.66. The van der Waals surface area contributed by atoms with Gasteiger partial charge in [-0.15, -0.1) is 0 Å². The number of likely N-dealkylation sites (N-methyl/N-ethyl adjacent to an activating group) is 1. The number of aliphatic carboxylic acids is 1. The van der Waals surface area contributed by atoms with Crippen molar-refractivity contribution in [3.63, 3.8) is 0 Å². The third-order valence-electron chi connectivity index (χ3n) is 2.75. The van der Waals surface area contributed by atoms with Gasteiger partial charge in [0.25, 0.3) is 0 Å². The average Bonchev–Trinajstić information content (AvgIpc) is 2.30. The number of hydrogen-bond donors (Lipinski definition) is 1. The van der Waals surface area contributed by atoms with Crippen molar-refractivity contribution in [2.75, 3.05) is 11.4 Å². The van der Waals surface area contributed by atoms with Crippen LogP contribution in [0.1, 0.15) is 20.8 Å². The van der Waals surface area contributed by atoms with Gasteiger partial charge in [-0.1, -0.05) is 0 Å². The van der Waals surface area contributed by atoms with Gasteiger partial charge in [-0.25, -0.2) is 4.79 Å². The molecule has 0 atom stereocenters. The predicted molar refractivity (Wildman–Crippen MR) is 65.6 cm³/mol. The molecule has 0 radical (unpaired) electrons. The standard InChI is InChI=1S/C11H15N3O4/c1-4-13(11(2,3)10(15)16)8-5-6-9(12-7-8)14(17)18/h5-7H,4H2,1-3H3,(H,15,16). The van der Waals surface area contributed by atoms with E-state index in [1.165, 1.54) is 18.3 Å². The van der Waals surface area contributed by atoms with Crippen LogP contribution in [0.5, 0.6) is 0 Å². The summed E-state index contributed by atoms with van der Waals surface area (Å²) in [5.74, 6) is -1.23. The Kier molecular flexibility index (Phi) is 3.85. The fraction of sp³-hybridized carbons (Fsp3) is 0.455. The first kappa shape index (κ1) is 13.9. The minimum Gasteiger partial charge on any atom is -0.480 e. The van der Waals surface area contributed by atoms with Crippen molar-refractivity contribution in [3.05, 3.63) is 28.4 Å². The summed E-state index contributed by atoms with van der Waals surface area (Å²) in [7, 11) is 0. The molecule has 1 aromatic heterocycles. The lowest BCUT2D eigenvalue weighted by Gasteiger charge is -2.35. The number of rotatable bonds is 5. The van der Waals surface area contributed by atoms with E-state index in [1.807, 2.05) is 6.92 Å². The third kappa shape index (κ3) is 2.55. The van der Waals surface area contributed by atoms with Crippen LogP contribution in [0, 0.1) is 10.1 Å². The number of carboxylic acid groups (broad SMARTS) is 1. The first-order chi connectivity index (χ1) is 8.30. The molecule has 0 aliphatic rings. The van der Waals surface area contributed by atoms with Gasteiger partial charge in [0.1, 0.15) is 5.54 Å².